The topological polar surface area (TPSA) is 72.0 Å². The third kappa shape index (κ3) is 4.67. The molecule has 5 rings (SSSR count). The van der Waals surface area contributed by atoms with Gasteiger partial charge >= 0.3 is 5.97 Å². The second kappa shape index (κ2) is 10.3. The van der Waals surface area contributed by atoms with E-state index in [-0.39, 0.29) is 12.2 Å². The summed E-state index contributed by atoms with van der Waals surface area (Å²) in [6, 6.07) is 22.5. The van der Waals surface area contributed by atoms with Crippen LogP contribution >= 0.6 is 34.5 Å². The lowest BCUT2D eigenvalue weighted by Crippen LogP contribution is -2.21. The van der Waals surface area contributed by atoms with Crippen LogP contribution in [0.4, 0.5) is 0 Å². The van der Waals surface area contributed by atoms with Crippen molar-refractivity contribution in [2.45, 2.75) is 12.3 Å². The molecule has 0 aliphatic rings. The number of nitrogens with one attached hydrogen (secondary N) is 1. The largest absolute Gasteiger partial charge is 0.462 e. The van der Waals surface area contributed by atoms with Gasteiger partial charge in [-0.1, -0.05) is 60.1 Å². The summed E-state index contributed by atoms with van der Waals surface area (Å²) in [6.07, 6.45) is 0. The predicted octanol–water partition coefficient (Wildman–Crippen LogP) is 7.48. The van der Waals surface area contributed by atoms with E-state index in [0.717, 1.165) is 21.8 Å². The lowest BCUT2D eigenvalue weighted by atomic mass is 9.94. The summed E-state index contributed by atoms with van der Waals surface area (Å²) in [4.78, 5) is 33.4. The van der Waals surface area contributed by atoms with Gasteiger partial charge in [-0.15, -0.1) is 22.9 Å². The molecule has 1 N–H and O–H groups in total. The number of ether oxygens (including phenoxy) is 1. The van der Waals surface area contributed by atoms with E-state index >= 15 is 0 Å². The first-order valence-corrected chi connectivity index (χ1v) is 12.9. The standard InChI is InChI=1S/C28H20Cl2N2O3S/c1-2-35-28(34)24-23(17-9-6-10-19(29)13-17)20-14-18(11-12-21(20)31-26(24)33)25(30)27-32-22(15-36-27)16-7-4-3-5-8-16/h3-15,25H,2H2,1H3,(H,31,33). The van der Waals surface area contributed by atoms with Crippen molar-refractivity contribution in [2.24, 2.45) is 0 Å². The molecular weight excluding hydrogens is 515 g/mol. The fraction of sp³-hybridized carbons (Fsp3) is 0.107. The third-order valence-electron chi connectivity index (χ3n) is 5.73. The van der Waals surface area contributed by atoms with Gasteiger partial charge in [0.25, 0.3) is 5.56 Å². The van der Waals surface area contributed by atoms with E-state index in [9.17, 15) is 9.59 Å². The Morgan fingerprint density at radius 3 is 2.58 bits per heavy atom. The quantitative estimate of drug-likeness (QED) is 0.181. The van der Waals surface area contributed by atoms with Crippen LogP contribution in [0.25, 0.3) is 33.3 Å². The monoisotopic (exact) mass is 534 g/mol. The van der Waals surface area contributed by atoms with Crippen molar-refractivity contribution < 1.29 is 9.53 Å². The van der Waals surface area contributed by atoms with E-state index in [1.54, 1.807) is 37.3 Å². The molecule has 8 heteroatoms. The minimum atomic E-state index is -0.698. The number of aromatic amines is 1. The van der Waals surface area contributed by atoms with E-state index in [2.05, 4.69) is 4.98 Å². The highest BCUT2D eigenvalue weighted by Crippen LogP contribution is 2.37. The number of carbonyl (C=O) groups is 1. The molecule has 0 saturated heterocycles. The van der Waals surface area contributed by atoms with Crippen molar-refractivity contribution >= 4 is 51.4 Å². The molecule has 0 aliphatic heterocycles. The van der Waals surface area contributed by atoms with E-state index in [1.807, 2.05) is 47.8 Å². The number of rotatable bonds is 6. The van der Waals surface area contributed by atoms with Crippen molar-refractivity contribution in [2.75, 3.05) is 6.61 Å². The molecule has 180 valence electrons. The smallest absolute Gasteiger partial charge is 0.344 e. The molecule has 2 aromatic heterocycles. The van der Waals surface area contributed by atoms with E-state index < -0.39 is 16.9 Å². The minimum Gasteiger partial charge on any atom is -0.462 e. The molecule has 5 aromatic rings. The maximum Gasteiger partial charge on any atom is 0.344 e. The van der Waals surface area contributed by atoms with E-state index in [1.165, 1.54) is 11.3 Å². The third-order valence-corrected chi connectivity index (χ3v) is 7.46. The zero-order valence-corrected chi connectivity index (χ0v) is 21.5. The molecular formula is C28H20Cl2N2O3S. The molecule has 0 bridgehead atoms. The summed E-state index contributed by atoms with van der Waals surface area (Å²) in [5, 5.41) is 3.34. The number of carbonyl (C=O) groups excluding carboxylic acids is 1. The molecule has 5 nitrogen and oxygen atoms in total. The fourth-order valence-electron chi connectivity index (χ4n) is 4.10. The average molecular weight is 535 g/mol. The number of esters is 1. The Labute approximate surface area is 221 Å². The zero-order chi connectivity index (χ0) is 25.2. The first-order valence-electron chi connectivity index (χ1n) is 11.2. The Balaban J connectivity index is 1.67. The number of H-pyrrole nitrogens is 1. The number of alkyl halides is 1. The first kappa shape index (κ1) is 24.3. The average Bonchev–Trinajstić information content (AvgIpc) is 3.38. The van der Waals surface area contributed by atoms with Crippen molar-refractivity contribution in [3.05, 3.63) is 110 Å². The van der Waals surface area contributed by atoms with Gasteiger partial charge in [0.15, 0.2) is 0 Å². The van der Waals surface area contributed by atoms with Crippen LogP contribution in [0.1, 0.15) is 33.2 Å². The SMILES string of the molecule is CCOC(=O)c1c(-c2cccc(Cl)c2)c2cc(C(Cl)c3nc(-c4ccccc4)cs3)ccc2[nH]c1=O. The second-order valence-electron chi connectivity index (χ2n) is 8.04. The van der Waals surface area contributed by atoms with Gasteiger partial charge in [0.1, 0.15) is 15.9 Å². The predicted molar refractivity (Wildman–Crippen MR) is 146 cm³/mol. The van der Waals surface area contributed by atoms with E-state index in [0.29, 0.717) is 27.1 Å². The Bertz CT molecular complexity index is 1630. The van der Waals surface area contributed by atoms with E-state index in [4.69, 9.17) is 32.9 Å². The molecule has 0 aliphatic carbocycles. The summed E-state index contributed by atoms with van der Waals surface area (Å²) in [7, 11) is 0. The lowest BCUT2D eigenvalue weighted by molar-refractivity contribution is 0.0525. The van der Waals surface area contributed by atoms with Gasteiger partial charge in [-0.05, 0) is 42.3 Å². The van der Waals surface area contributed by atoms with Gasteiger partial charge in [0.2, 0.25) is 0 Å². The molecule has 0 radical (unpaired) electrons. The number of benzene rings is 3. The highest BCUT2D eigenvalue weighted by Gasteiger charge is 2.24. The lowest BCUT2D eigenvalue weighted by Gasteiger charge is -2.15. The number of halogens is 2. The Morgan fingerprint density at radius 1 is 1.06 bits per heavy atom. The van der Waals surface area contributed by atoms with Gasteiger partial charge in [-0.3, -0.25) is 4.79 Å². The molecule has 0 saturated carbocycles. The summed E-state index contributed by atoms with van der Waals surface area (Å²) >= 11 is 14.6. The number of hydrogen-bond acceptors (Lipinski definition) is 5. The molecule has 2 heterocycles. The van der Waals surface area contributed by atoms with Crippen LogP contribution in [-0.4, -0.2) is 22.5 Å². The van der Waals surface area contributed by atoms with Crippen LogP contribution in [0, 0.1) is 0 Å². The van der Waals surface area contributed by atoms with Crippen LogP contribution in [0.2, 0.25) is 5.02 Å². The molecule has 1 unspecified atom stereocenters. The fourth-order valence-corrected chi connectivity index (χ4v) is 5.46. The van der Waals surface area contributed by atoms with Gasteiger partial charge in [-0.25, -0.2) is 9.78 Å². The number of nitrogens with zero attached hydrogens (tertiary/aromatic N) is 1. The number of thiazole rings is 1. The second-order valence-corrected chi connectivity index (χ2v) is 9.80. The van der Waals surface area contributed by atoms with Crippen molar-refractivity contribution in [3.8, 4) is 22.4 Å². The van der Waals surface area contributed by atoms with Crippen LogP contribution < -0.4 is 5.56 Å². The number of fused-ring (bicyclic) bond motifs is 1. The summed E-state index contributed by atoms with van der Waals surface area (Å²) in [6.45, 7) is 1.84. The summed E-state index contributed by atoms with van der Waals surface area (Å²) in [5.74, 6) is -0.698. The van der Waals surface area contributed by atoms with Gasteiger partial charge < -0.3 is 9.72 Å². The van der Waals surface area contributed by atoms with Crippen molar-refractivity contribution in [1.82, 2.24) is 9.97 Å². The Hall–Kier alpha value is -3.45. The molecule has 0 spiro atoms. The van der Waals surface area contributed by atoms with Gasteiger partial charge in [0.05, 0.1) is 12.3 Å². The van der Waals surface area contributed by atoms with Crippen LogP contribution in [0.5, 0.6) is 0 Å². The number of aromatic nitrogens is 2. The van der Waals surface area contributed by atoms with Crippen LogP contribution in [0.15, 0.2) is 83.0 Å². The number of hydrogen-bond donors (Lipinski definition) is 1. The van der Waals surface area contributed by atoms with Crippen LogP contribution in [0.3, 0.4) is 0 Å². The summed E-state index contributed by atoms with van der Waals surface area (Å²) < 4.78 is 5.22. The minimum absolute atomic E-state index is 0.0736. The van der Waals surface area contributed by atoms with Crippen LogP contribution in [-0.2, 0) is 4.74 Å². The molecule has 3 aromatic carbocycles. The van der Waals surface area contributed by atoms with Crippen molar-refractivity contribution in [1.29, 1.82) is 0 Å². The maximum atomic E-state index is 13.0. The van der Waals surface area contributed by atoms with Gasteiger partial charge in [0, 0.05) is 32.4 Å². The van der Waals surface area contributed by atoms with Gasteiger partial charge in [-0.2, -0.15) is 0 Å². The normalized spacial score (nSPS) is 12.0. The Morgan fingerprint density at radius 2 is 1.83 bits per heavy atom. The summed E-state index contributed by atoms with van der Waals surface area (Å²) in [5.41, 5.74) is 3.70. The highest BCUT2D eigenvalue weighted by atomic mass is 35.5. The molecule has 0 amide bonds. The molecule has 0 fully saturated rings. The number of pyridine rings is 1. The zero-order valence-electron chi connectivity index (χ0n) is 19.1. The molecule has 36 heavy (non-hydrogen) atoms. The Kier molecular flexibility index (Phi) is 6.92. The molecule has 1 atom stereocenters. The van der Waals surface area contributed by atoms with Crippen molar-refractivity contribution in [3.63, 3.8) is 0 Å². The first-order chi connectivity index (χ1) is 17.5. The maximum absolute atomic E-state index is 13.0. The highest BCUT2D eigenvalue weighted by molar-refractivity contribution is 7.10.